The number of piperidine rings is 1. The van der Waals surface area contributed by atoms with E-state index in [1.165, 1.54) is 30.0 Å². The summed E-state index contributed by atoms with van der Waals surface area (Å²) in [5, 5.41) is 0. The lowest BCUT2D eigenvalue weighted by Crippen LogP contribution is -2.36. The fourth-order valence-electron chi connectivity index (χ4n) is 4.07. The lowest BCUT2D eigenvalue weighted by molar-refractivity contribution is 0.163. The molecule has 1 atom stereocenters. The number of benzene rings is 1. The molecule has 0 aliphatic carbocycles. The van der Waals surface area contributed by atoms with Crippen LogP contribution < -0.4 is 0 Å². The first kappa shape index (κ1) is 17.0. The van der Waals surface area contributed by atoms with E-state index in [1.807, 2.05) is 18.6 Å². The summed E-state index contributed by atoms with van der Waals surface area (Å²) < 4.78 is 4.43. The van der Waals surface area contributed by atoms with Crippen molar-refractivity contribution in [2.45, 2.75) is 32.7 Å². The molecule has 136 valence electrons. The van der Waals surface area contributed by atoms with E-state index in [2.05, 4.69) is 68.3 Å². The predicted octanol–water partition coefficient (Wildman–Crippen LogP) is 3.37. The fraction of sp³-hybridized carbons (Fsp3) is 0.429. The van der Waals surface area contributed by atoms with Gasteiger partial charge in [0.1, 0.15) is 11.6 Å². The van der Waals surface area contributed by atoms with E-state index < -0.39 is 0 Å². The molecule has 5 heteroatoms. The highest BCUT2D eigenvalue weighted by atomic mass is 15.2. The first-order chi connectivity index (χ1) is 12.7. The van der Waals surface area contributed by atoms with Gasteiger partial charge in [-0.1, -0.05) is 18.2 Å². The number of hydrogen-bond acceptors (Lipinski definition) is 3. The van der Waals surface area contributed by atoms with Crippen LogP contribution in [0.15, 0.2) is 48.9 Å². The molecule has 4 rings (SSSR count). The molecule has 0 N–H and O–H groups in total. The number of rotatable bonds is 5. The van der Waals surface area contributed by atoms with Crippen molar-refractivity contribution >= 4 is 0 Å². The number of aromatic nitrogens is 4. The molecular weight excluding hydrogens is 322 g/mol. The average molecular weight is 349 g/mol. The minimum atomic E-state index is 0.680. The summed E-state index contributed by atoms with van der Waals surface area (Å²) in [5.74, 6) is 2.92. The van der Waals surface area contributed by atoms with Crippen LogP contribution in [0.5, 0.6) is 0 Å². The molecule has 3 heterocycles. The maximum atomic E-state index is 4.57. The molecule has 5 nitrogen and oxygen atoms in total. The monoisotopic (exact) mass is 349 g/mol. The Morgan fingerprint density at radius 3 is 2.77 bits per heavy atom. The van der Waals surface area contributed by atoms with E-state index >= 15 is 0 Å². The Hall–Kier alpha value is -2.40. The molecule has 0 saturated carbocycles. The highest BCUT2D eigenvalue weighted by molar-refractivity contribution is 5.35. The predicted molar refractivity (Wildman–Crippen MR) is 103 cm³/mol. The highest BCUT2D eigenvalue weighted by Gasteiger charge is 2.23. The largest absolute Gasteiger partial charge is 0.338 e. The third-order valence-electron chi connectivity index (χ3n) is 5.41. The van der Waals surface area contributed by atoms with Gasteiger partial charge in [0, 0.05) is 44.6 Å². The molecule has 1 aromatic carbocycles. The van der Waals surface area contributed by atoms with E-state index in [1.54, 1.807) is 0 Å². The number of para-hydroxylation sites is 1. The first-order valence-electron chi connectivity index (χ1n) is 9.48. The molecule has 26 heavy (non-hydrogen) atoms. The molecule has 1 aliphatic rings. The minimum absolute atomic E-state index is 0.680. The van der Waals surface area contributed by atoms with Crippen molar-refractivity contribution in [2.24, 2.45) is 13.0 Å². The SMILES string of the molecule is Cc1ncc(CN2CCC[C@@H](Cc3nccn3C)C2)n1-c1ccccc1. The van der Waals surface area contributed by atoms with E-state index in [4.69, 9.17) is 0 Å². The van der Waals surface area contributed by atoms with Crippen molar-refractivity contribution in [1.82, 2.24) is 24.0 Å². The summed E-state index contributed by atoms with van der Waals surface area (Å²) in [7, 11) is 2.09. The van der Waals surface area contributed by atoms with Gasteiger partial charge < -0.3 is 4.57 Å². The molecule has 0 spiro atoms. The van der Waals surface area contributed by atoms with Crippen molar-refractivity contribution in [2.75, 3.05) is 13.1 Å². The lowest BCUT2D eigenvalue weighted by atomic mass is 9.94. The van der Waals surface area contributed by atoms with Crippen LogP contribution in [-0.4, -0.2) is 37.1 Å². The molecule has 1 saturated heterocycles. The summed E-state index contributed by atoms with van der Waals surface area (Å²) in [4.78, 5) is 11.7. The van der Waals surface area contributed by atoms with Gasteiger partial charge in [0.25, 0.3) is 0 Å². The highest BCUT2D eigenvalue weighted by Crippen LogP contribution is 2.23. The van der Waals surface area contributed by atoms with Crippen molar-refractivity contribution in [3.63, 3.8) is 0 Å². The van der Waals surface area contributed by atoms with Gasteiger partial charge in [-0.3, -0.25) is 9.47 Å². The normalized spacial score (nSPS) is 18.3. The summed E-state index contributed by atoms with van der Waals surface area (Å²) in [5.41, 5.74) is 2.46. The smallest absolute Gasteiger partial charge is 0.110 e. The van der Waals surface area contributed by atoms with Crippen LogP contribution in [0, 0.1) is 12.8 Å². The third-order valence-corrected chi connectivity index (χ3v) is 5.41. The fourth-order valence-corrected chi connectivity index (χ4v) is 4.07. The van der Waals surface area contributed by atoms with E-state index in [9.17, 15) is 0 Å². The third kappa shape index (κ3) is 3.58. The quantitative estimate of drug-likeness (QED) is 0.709. The maximum absolute atomic E-state index is 4.57. The number of aryl methyl sites for hydroxylation is 2. The molecular formula is C21H27N5. The average Bonchev–Trinajstić information content (AvgIpc) is 3.22. The van der Waals surface area contributed by atoms with Gasteiger partial charge in [-0.25, -0.2) is 9.97 Å². The van der Waals surface area contributed by atoms with Crippen molar-refractivity contribution in [3.8, 4) is 5.69 Å². The van der Waals surface area contributed by atoms with Crippen molar-refractivity contribution in [1.29, 1.82) is 0 Å². The molecule has 0 bridgehead atoms. The summed E-state index contributed by atoms with van der Waals surface area (Å²) in [6.45, 7) is 5.32. The van der Waals surface area contributed by atoms with E-state index in [0.717, 1.165) is 31.9 Å². The van der Waals surface area contributed by atoms with Gasteiger partial charge in [-0.05, 0) is 44.4 Å². The summed E-state index contributed by atoms with van der Waals surface area (Å²) in [6.07, 6.45) is 9.59. The number of hydrogen-bond donors (Lipinski definition) is 0. The summed E-state index contributed by atoms with van der Waals surface area (Å²) in [6, 6.07) is 10.5. The standard InChI is InChI=1S/C21H27N5/c1-17-23-14-20(26(17)19-8-4-3-5-9-19)16-25-11-6-7-18(15-25)13-21-22-10-12-24(21)2/h3-5,8-10,12,14,18H,6-7,11,13,15-16H2,1-2H3/t18-/m0/s1. The Morgan fingerprint density at radius 2 is 2.00 bits per heavy atom. The topological polar surface area (TPSA) is 38.9 Å². The second kappa shape index (κ2) is 7.46. The van der Waals surface area contributed by atoms with E-state index in [0.29, 0.717) is 5.92 Å². The zero-order valence-corrected chi connectivity index (χ0v) is 15.7. The lowest BCUT2D eigenvalue weighted by Gasteiger charge is -2.32. The summed E-state index contributed by atoms with van der Waals surface area (Å²) >= 11 is 0. The van der Waals surface area contributed by atoms with E-state index in [-0.39, 0.29) is 0 Å². The van der Waals surface area contributed by atoms with Gasteiger partial charge in [-0.15, -0.1) is 0 Å². The van der Waals surface area contributed by atoms with Gasteiger partial charge >= 0.3 is 0 Å². The molecule has 3 aromatic rings. The molecule has 1 aliphatic heterocycles. The Morgan fingerprint density at radius 1 is 1.15 bits per heavy atom. The number of imidazole rings is 2. The minimum Gasteiger partial charge on any atom is -0.338 e. The maximum Gasteiger partial charge on any atom is 0.110 e. The van der Waals surface area contributed by atoms with Gasteiger partial charge in [0.2, 0.25) is 0 Å². The first-order valence-corrected chi connectivity index (χ1v) is 9.48. The van der Waals surface area contributed by atoms with Gasteiger partial charge in [-0.2, -0.15) is 0 Å². The van der Waals surface area contributed by atoms with Crippen LogP contribution >= 0.6 is 0 Å². The molecule has 0 radical (unpaired) electrons. The molecule has 0 unspecified atom stereocenters. The van der Waals surface area contributed by atoms with Crippen LogP contribution in [0.2, 0.25) is 0 Å². The van der Waals surface area contributed by atoms with Crippen LogP contribution in [-0.2, 0) is 20.0 Å². The van der Waals surface area contributed by atoms with Crippen molar-refractivity contribution in [3.05, 3.63) is 66.3 Å². The Bertz CT molecular complexity index is 848. The van der Waals surface area contributed by atoms with Crippen LogP contribution in [0.3, 0.4) is 0 Å². The second-order valence-electron chi connectivity index (χ2n) is 7.37. The van der Waals surface area contributed by atoms with Crippen LogP contribution in [0.25, 0.3) is 5.69 Å². The Labute approximate surface area is 155 Å². The zero-order valence-electron chi connectivity index (χ0n) is 15.7. The van der Waals surface area contributed by atoms with Crippen LogP contribution in [0.4, 0.5) is 0 Å². The molecule has 2 aromatic heterocycles. The molecule has 0 amide bonds. The Balaban J connectivity index is 1.47. The number of nitrogens with zero attached hydrogens (tertiary/aromatic N) is 5. The zero-order chi connectivity index (χ0) is 17.9. The van der Waals surface area contributed by atoms with Gasteiger partial charge in [0.15, 0.2) is 0 Å². The van der Waals surface area contributed by atoms with Crippen molar-refractivity contribution < 1.29 is 0 Å². The van der Waals surface area contributed by atoms with Crippen LogP contribution in [0.1, 0.15) is 30.2 Å². The number of likely N-dealkylation sites (tertiary alicyclic amines) is 1. The second-order valence-corrected chi connectivity index (χ2v) is 7.37. The molecule has 1 fully saturated rings. The Kier molecular flexibility index (Phi) is 4.89. The van der Waals surface area contributed by atoms with Gasteiger partial charge in [0.05, 0.1) is 11.9 Å².